The average molecular weight is 519 g/mol. The van der Waals surface area contributed by atoms with Crippen molar-refractivity contribution < 1.29 is 19.4 Å². The highest BCUT2D eigenvalue weighted by atomic mass is 35.5. The van der Waals surface area contributed by atoms with E-state index < -0.39 is 12.1 Å². The van der Waals surface area contributed by atoms with Crippen molar-refractivity contribution in [2.45, 2.75) is 45.4 Å². The number of hydrogen-bond acceptors (Lipinski definition) is 5. The first kappa shape index (κ1) is 26.5. The summed E-state index contributed by atoms with van der Waals surface area (Å²) in [6.07, 6.45) is 1.93. The summed E-state index contributed by atoms with van der Waals surface area (Å²) in [6.45, 7) is 2.47. The van der Waals surface area contributed by atoms with Crippen molar-refractivity contribution >= 4 is 17.6 Å². The molecule has 4 aromatic rings. The number of imidazole rings is 1. The molecule has 1 unspecified atom stereocenters. The van der Waals surface area contributed by atoms with Crippen LogP contribution in [0.4, 0.5) is 0 Å². The van der Waals surface area contributed by atoms with Crippen LogP contribution in [-0.4, -0.2) is 27.7 Å². The molecule has 6 nitrogen and oxygen atoms in total. The fourth-order valence-corrected chi connectivity index (χ4v) is 4.46. The van der Waals surface area contributed by atoms with Gasteiger partial charge < -0.3 is 19.1 Å². The summed E-state index contributed by atoms with van der Waals surface area (Å²) in [5.74, 6) is 0.933. The molecule has 1 atom stereocenters. The molecule has 7 heteroatoms. The number of rotatable bonds is 11. The molecule has 0 saturated carbocycles. The van der Waals surface area contributed by atoms with Crippen molar-refractivity contribution in [1.82, 2.24) is 9.55 Å². The second kappa shape index (κ2) is 12.6. The number of hydrogen-bond donors (Lipinski definition) is 1. The maximum absolute atomic E-state index is 12.6. The van der Waals surface area contributed by atoms with Crippen molar-refractivity contribution in [1.29, 1.82) is 0 Å². The number of esters is 1. The lowest BCUT2D eigenvalue weighted by molar-refractivity contribution is -0.149. The number of aliphatic hydroxyl groups excluding tert-OH is 1. The molecule has 0 aliphatic carbocycles. The standard InChI is InChI=1S/C30H31ClN2O4/c1-3-4-10-27-32-29(31)26(20-34)33(27)19-21-11-17-25(18-12-21)37-28(30(35)36-2)24-15-13-23(14-16-24)22-8-6-5-7-9-22/h5-9,11-18,28,34H,3-4,10,19-20H2,1-2H3. The number of carbonyl (C=O) groups excluding carboxylic acids is 1. The summed E-state index contributed by atoms with van der Waals surface area (Å²) in [7, 11) is 1.35. The lowest BCUT2D eigenvalue weighted by atomic mass is 10.0. The van der Waals surface area contributed by atoms with Gasteiger partial charge in [-0.2, -0.15) is 0 Å². The van der Waals surface area contributed by atoms with Gasteiger partial charge in [-0.3, -0.25) is 0 Å². The molecule has 0 radical (unpaired) electrons. The van der Waals surface area contributed by atoms with Crippen LogP contribution < -0.4 is 4.74 Å². The molecule has 0 spiro atoms. The predicted molar refractivity (Wildman–Crippen MR) is 145 cm³/mol. The minimum atomic E-state index is -0.894. The summed E-state index contributed by atoms with van der Waals surface area (Å²) < 4.78 is 13.1. The molecule has 192 valence electrons. The summed E-state index contributed by atoms with van der Waals surface area (Å²) in [6, 6.07) is 25.3. The lowest BCUT2D eigenvalue weighted by Gasteiger charge is -2.18. The Morgan fingerprint density at radius 1 is 1.00 bits per heavy atom. The van der Waals surface area contributed by atoms with Gasteiger partial charge in [0, 0.05) is 18.5 Å². The van der Waals surface area contributed by atoms with Gasteiger partial charge in [0.25, 0.3) is 0 Å². The second-order valence-corrected chi connectivity index (χ2v) is 9.12. The molecule has 3 aromatic carbocycles. The Balaban J connectivity index is 1.51. The molecule has 0 aliphatic rings. The number of methoxy groups -OCH3 is 1. The SMILES string of the molecule is CCCCc1nc(Cl)c(CO)n1Cc1ccc(OC(C(=O)OC)c2ccc(-c3ccccc3)cc2)cc1. The van der Waals surface area contributed by atoms with Gasteiger partial charge in [-0.25, -0.2) is 9.78 Å². The average Bonchev–Trinajstić information content (AvgIpc) is 3.24. The van der Waals surface area contributed by atoms with Crippen molar-refractivity contribution in [2.75, 3.05) is 7.11 Å². The summed E-state index contributed by atoms with van der Waals surface area (Å²) >= 11 is 6.27. The van der Waals surface area contributed by atoms with Crippen molar-refractivity contribution in [3.05, 3.63) is 107 Å². The highest BCUT2D eigenvalue weighted by Crippen LogP contribution is 2.27. The van der Waals surface area contributed by atoms with E-state index in [1.807, 2.05) is 83.4 Å². The van der Waals surface area contributed by atoms with Gasteiger partial charge in [0.1, 0.15) is 11.6 Å². The predicted octanol–water partition coefficient (Wildman–Crippen LogP) is 6.38. The normalized spacial score (nSPS) is 11.8. The first-order chi connectivity index (χ1) is 18.0. The van der Waals surface area contributed by atoms with Crippen LogP contribution in [0.3, 0.4) is 0 Å². The molecule has 0 aliphatic heterocycles. The first-order valence-corrected chi connectivity index (χ1v) is 12.7. The molecule has 0 saturated heterocycles. The van der Waals surface area contributed by atoms with Crippen LogP contribution in [0.2, 0.25) is 5.15 Å². The number of aliphatic hydroxyl groups is 1. The van der Waals surface area contributed by atoms with E-state index in [1.165, 1.54) is 7.11 Å². The van der Waals surface area contributed by atoms with Crippen molar-refractivity contribution in [3.8, 4) is 16.9 Å². The number of halogens is 1. The zero-order chi connectivity index (χ0) is 26.2. The monoisotopic (exact) mass is 518 g/mol. The van der Waals surface area contributed by atoms with E-state index in [0.29, 0.717) is 28.7 Å². The van der Waals surface area contributed by atoms with Gasteiger partial charge >= 0.3 is 5.97 Å². The number of benzene rings is 3. The highest BCUT2D eigenvalue weighted by molar-refractivity contribution is 6.30. The number of carbonyl (C=O) groups is 1. The topological polar surface area (TPSA) is 73.6 Å². The van der Waals surface area contributed by atoms with E-state index in [-0.39, 0.29) is 6.61 Å². The highest BCUT2D eigenvalue weighted by Gasteiger charge is 2.24. The largest absolute Gasteiger partial charge is 0.474 e. The fourth-order valence-electron chi connectivity index (χ4n) is 4.20. The van der Waals surface area contributed by atoms with Crippen LogP contribution in [0.5, 0.6) is 5.75 Å². The van der Waals surface area contributed by atoms with E-state index in [9.17, 15) is 9.90 Å². The minimum absolute atomic E-state index is 0.178. The Bertz CT molecular complexity index is 1300. The molecule has 1 heterocycles. The van der Waals surface area contributed by atoms with Crippen LogP contribution >= 0.6 is 11.6 Å². The molecule has 0 amide bonds. The second-order valence-electron chi connectivity index (χ2n) is 8.77. The summed E-state index contributed by atoms with van der Waals surface area (Å²) in [4.78, 5) is 17.0. The number of unbranched alkanes of at least 4 members (excludes halogenated alkanes) is 1. The molecule has 1 N–H and O–H groups in total. The van der Waals surface area contributed by atoms with Gasteiger partial charge in [0.05, 0.1) is 19.4 Å². The molecule has 0 bridgehead atoms. The Morgan fingerprint density at radius 3 is 2.30 bits per heavy atom. The van der Waals surface area contributed by atoms with Gasteiger partial charge in [-0.1, -0.05) is 91.7 Å². The number of aryl methyl sites for hydroxylation is 1. The summed E-state index contributed by atoms with van der Waals surface area (Å²) in [5.41, 5.74) is 4.46. The Labute approximate surface area is 222 Å². The first-order valence-electron chi connectivity index (χ1n) is 12.4. The smallest absolute Gasteiger partial charge is 0.351 e. The third kappa shape index (κ3) is 6.40. The molecular weight excluding hydrogens is 488 g/mol. The molecular formula is C30H31ClN2O4. The maximum atomic E-state index is 12.6. The molecule has 4 rings (SSSR count). The van der Waals surface area contributed by atoms with Crippen LogP contribution in [0.1, 0.15) is 48.5 Å². The lowest BCUT2D eigenvalue weighted by Crippen LogP contribution is -2.20. The number of nitrogens with zero attached hydrogens (tertiary/aromatic N) is 2. The van der Waals surface area contributed by atoms with E-state index in [0.717, 1.165) is 41.8 Å². The number of aromatic nitrogens is 2. The Morgan fingerprint density at radius 2 is 1.68 bits per heavy atom. The minimum Gasteiger partial charge on any atom is -0.474 e. The Hall–Kier alpha value is -3.61. The molecule has 37 heavy (non-hydrogen) atoms. The zero-order valence-corrected chi connectivity index (χ0v) is 21.8. The van der Waals surface area contributed by atoms with E-state index in [1.54, 1.807) is 0 Å². The van der Waals surface area contributed by atoms with Gasteiger partial charge in [0.15, 0.2) is 5.15 Å². The fraction of sp³-hybridized carbons (Fsp3) is 0.267. The van der Waals surface area contributed by atoms with Crippen molar-refractivity contribution in [3.63, 3.8) is 0 Å². The van der Waals surface area contributed by atoms with Gasteiger partial charge in [0.2, 0.25) is 6.10 Å². The number of ether oxygens (including phenoxy) is 2. The third-order valence-electron chi connectivity index (χ3n) is 6.26. The maximum Gasteiger partial charge on any atom is 0.351 e. The summed E-state index contributed by atoms with van der Waals surface area (Å²) in [5, 5.41) is 10.2. The third-order valence-corrected chi connectivity index (χ3v) is 6.56. The molecule has 0 fully saturated rings. The van der Waals surface area contributed by atoms with Crippen LogP contribution in [0, 0.1) is 0 Å². The quantitative estimate of drug-likeness (QED) is 0.233. The van der Waals surface area contributed by atoms with Crippen molar-refractivity contribution in [2.24, 2.45) is 0 Å². The zero-order valence-electron chi connectivity index (χ0n) is 21.1. The van der Waals surface area contributed by atoms with E-state index in [2.05, 4.69) is 11.9 Å². The van der Waals surface area contributed by atoms with Crippen LogP contribution in [-0.2, 0) is 29.1 Å². The van der Waals surface area contributed by atoms with E-state index in [4.69, 9.17) is 21.1 Å². The van der Waals surface area contributed by atoms with Crippen LogP contribution in [0.15, 0.2) is 78.9 Å². The van der Waals surface area contributed by atoms with Gasteiger partial charge in [-0.15, -0.1) is 0 Å². The van der Waals surface area contributed by atoms with Gasteiger partial charge in [-0.05, 0) is 35.2 Å². The Kier molecular flexibility index (Phi) is 8.99. The van der Waals surface area contributed by atoms with Crippen LogP contribution in [0.25, 0.3) is 11.1 Å². The molecule has 1 aromatic heterocycles. The van der Waals surface area contributed by atoms with E-state index >= 15 is 0 Å².